The maximum absolute atomic E-state index is 13.7. The molecule has 3 aromatic carbocycles. The molecule has 10 nitrogen and oxygen atoms in total. The summed E-state index contributed by atoms with van der Waals surface area (Å²) in [6.45, 7) is 4.99. The van der Waals surface area contributed by atoms with Gasteiger partial charge >= 0.3 is 12.0 Å². The third-order valence-electron chi connectivity index (χ3n) is 7.94. The number of ether oxygens (including phenoxy) is 2. The Morgan fingerprint density at radius 3 is 2.27 bits per heavy atom. The standard InChI is InChI=1S/C37H44F2N4O6/c1-37(2,3)49-35(46)18-26-13-10-14-29(17-26)41-36(47)40-22-33(44)43(23-25-11-6-5-7-12-25)31-15-8-9-16-32(31)48-24-34(45)42(4)30-20-27(38)19-28(39)21-30/h8-10,13-17,19-21,25H,5-7,11-12,18,22-24H2,1-4H3,(H2,40,41,47). The summed E-state index contributed by atoms with van der Waals surface area (Å²) in [6.07, 6.45) is 5.19. The van der Waals surface area contributed by atoms with Crippen molar-refractivity contribution in [2.45, 2.75) is 64.9 Å². The molecule has 0 spiro atoms. The topological polar surface area (TPSA) is 117 Å². The van der Waals surface area contributed by atoms with Crippen molar-refractivity contribution in [3.63, 3.8) is 0 Å². The Balaban J connectivity index is 1.42. The molecule has 12 heteroatoms. The number of esters is 1. The number of halogens is 2. The highest BCUT2D eigenvalue weighted by atomic mass is 19.1. The number of hydrogen-bond donors (Lipinski definition) is 2. The molecule has 1 aliphatic rings. The fourth-order valence-corrected chi connectivity index (χ4v) is 5.61. The molecule has 0 unspecified atom stereocenters. The molecule has 4 rings (SSSR count). The van der Waals surface area contributed by atoms with Crippen LogP contribution >= 0.6 is 0 Å². The van der Waals surface area contributed by atoms with Crippen LogP contribution in [0.1, 0.15) is 58.4 Å². The van der Waals surface area contributed by atoms with Gasteiger partial charge in [-0.3, -0.25) is 14.4 Å². The molecule has 4 amide bonds. The molecule has 2 N–H and O–H groups in total. The summed E-state index contributed by atoms with van der Waals surface area (Å²) in [7, 11) is 1.39. The minimum absolute atomic E-state index is 0.0348. The van der Waals surface area contributed by atoms with E-state index in [9.17, 15) is 28.0 Å². The number of hydrogen-bond acceptors (Lipinski definition) is 6. The van der Waals surface area contributed by atoms with Crippen molar-refractivity contribution >= 4 is 40.9 Å². The van der Waals surface area contributed by atoms with E-state index in [1.54, 1.807) is 74.2 Å². The summed E-state index contributed by atoms with van der Waals surface area (Å²) >= 11 is 0. The van der Waals surface area contributed by atoms with E-state index in [-0.39, 0.29) is 42.2 Å². The SMILES string of the molecule is CN(C(=O)COc1ccccc1N(CC1CCCCC1)C(=O)CNC(=O)Nc1cccc(CC(=O)OC(C)(C)C)c1)c1cc(F)cc(F)c1. The highest BCUT2D eigenvalue weighted by Gasteiger charge is 2.26. The molecular weight excluding hydrogens is 634 g/mol. The number of nitrogens with one attached hydrogen (secondary N) is 2. The van der Waals surface area contributed by atoms with Gasteiger partial charge in [-0.05, 0) is 81.5 Å². The van der Waals surface area contributed by atoms with Crippen LogP contribution in [0.15, 0.2) is 66.7 Å². The summed E-state index contributed by atoms with van der Waals surface area (Å²) in [5.41, 5.74) is 0.956. The van der Waals surface area contributed by atoms with Gasteiger partial charge in [0, 0.05) is 31.0 Å². The second-order valence-electron chi connectivity index (χ2n) is 13.1. The number of carbonyl (C=O) groups excluding carboxylic acids is 4. The van der Waals surface area contributed by atoms with Crippen LogP contribution in [0.25, 0.3) is 0 Å². The number of likely N-dealkylation sites (N-methyl/N-ethyl adjacent to an activating group) is 1. The zero-order chi connectivity index (χ0) is 35.6. The Labute approximate surface area is 285 Å². The third-order valence-corrected chi connectivity index (χ3v) is 7.94. The number of para-hydroxylation sites is 2. The Kier molecular flexibility index (Phi) is 12.7. The predicted molar refractivity (Wildman–Crippen MR) is 184 cm³/mol. The highest BCUT2D eigenvalue weighted by Crippen LogP contribution is 2.32. The van der Waals surface area contributed by atoms with E-state index in [0.717, 1.165) is 55.2 Å². The van der Waals surface area contributed by atoms with Gasteiger partial charge in [-0.25, -0.2) is 13.6 Å². The molecule has 262 valence electrons. The van der Waals surface area contributed by atoms with Gasteiger partial charge in [0.25, 0.3) is 5.91 Å². The normalized spacial score (nSPS) is 13.3. The number of anilines is 3. The minimum Gasteiger partial charge on any atom is -0.482 e. The monoisotopic (exact) mass is 678 g/mol. The van der Waals surface area contributed by atoms with Crippen molar-refractivity contribution in [3.05, 3.63) is 83.9 Å². The van der Waals surface area contributed by atoms with Crippen molar-refractivity contribution < 1.29 is 37.4 Å². The largest absolute Gasteiger partial charge is 0.482 e. The number of amides is 4. The second kappa shape index (κ2) is 16.9. The lowest BCUT2D eigenvalue weighted by atomic mass is 9.89. The Bertz CT molecular complexity index is 1620. The quantitative estimate of drug-likeness (QED) is 0.208. The Morgan fingerprint density at radius 2 is 1.57 bits per heavy atom. The molecule has 1 aliphatic carbocycles. The molecule has 49 heavy (non-hydrogen) atoms. The first-order chi connectivity index (χ1) is 23.3. The maximum atomic E-state index is 13.7. The summed E-state index contributed by atoms with van der Waals surface area (Å²) in [4.78, 5) is 54.4. The summed E-state index contributed by atoms with van der Waals surface area (Å²) < 4.78 is 38.8. The third kappa shape index (κ3) is 11.6. The van der Waals surface area contributed by atoms with Crippen molar-refractivity contribution in [3.8, 4) is 5.75 Å². The van der Waals surface area contributed by atoms with Crippen LogP contribution < -0.4 is 25.2 Å². The van der Waals surface area contributed by atoms with Crippen LogP contribution in [-0.2, 0) is 25.5 Å². The summed E-state index contributed by atoms with van der Waals surface area (Å²) in [6, 6.07) is 15.8. The zero-order valence-corrected chi connectivity index (χ0v) is 28.4. The smallest absolute Gasteiger partial charge is 0.319 e. The lowest BCUT2D eigenvalue weighted by Crippen LogP contribution is -2.44. The van der Waals surface area contributed by atoms with E-state index in [4.69, 9.17) is 9.47 Å². The van der Waals surface area contributed by atoms with Gasteiger partial charge in [0.1, 0.15) is 23.0 Å². The van der Waals surface area contributed by atoms with Crippen molar-refractivity contribution in [1.29, 1.82) is 0 Å². The number of benzene rings is 3. The first-order valence-corrected chi connectivity index (χ1v) is 16.4. The molecule has 1 fully saturated rings. The second-order valence-corrected chi connectivity index (χ2v) is 13.1. The van der Waals surface area contributed by atoms with Crippen LogP contribution in [0.4, 0.5) is 30.6 Å². The fraction of sp³-hybridized carbons (Fsp3) is 0.405. The minimum atomic E-state index is -0.813. The van der Waals surface area contributed by atoms with E-state index in [1.165, 1.54) is 7.05 Å². The first kappa shape index (κ1) is 36.8. The Morgan fingerprint density at radius 1 is 0.878 bits per heavy atom. The summed E-state index contributed by atoms with van der Waals surface area (Å²) in [5.74, 6) is -2.44. The van der Waals surface area contributed by atoms with Crippen LogP contribution in [0.3, 0.4) is 0 Å². The molecule has 0 aromatic heterocycles. The molecule has 0 heterocycles. The summed E-state index contributed by atoms with van der Waals surface area (Å²) in [5, 5.41) is 5.33. The number of urea groups is 1. The van der Waals surface area contributed by atoms with E-state index < -0.39 is 35.8 Å². The number of carbonyl (C=O) groups is 4. The number of nitrogens with zero attached hydrogens (tertiary/aromatic N) is 2. The highest BCUT2D eigenvalue weighted by molar-refractivity contribution is 6.00. The van der Waals surface area contributed by atoms with Gasteiger partial charge in [0.2, 0.25) is 5.91 Å². The molecule has 0 aliphatic heterocycles. The Hall–Kier alpha value is -5.00. The van der Waals surface area contributed by atoms with E-state index in [2.05, 4.69) is 10.6 Å². The van der Waals surface area contributed by atoms with Crippen molar-refractivity contribution in [2.75, 3.05) is 41.9 Å². The maximum Gasteiger partial charge on any atom is 0.319 e. The van der Waals surface area contributed by atoms with Gasteiger partial charge in [0.15, 0.2) is 6.61 Å². The van der Waals surface area contributed by atoms with Crippen LogP contribution in [-0.4, -0.2) is 56.2 Å². The van der Waals surface area contributed by atoms with Gasteiger partial charge in [-0.15, -0.1) is 0 Å². The van der Waals surface area contributed by atoms with Gasteiger partial charge in [-0.1, -0.05) is 43.5 Å². The van der Waals surface area contributed by atoms with Crippen LogP contribution in [0.2, 0.25) is 0 Å². The molecule has 3 aromatic rings. The molecule has 0 saturated heterocycles. The molecule has 0 radical (unpaired) electrons. The molecule has 0 atom stereocenters. The van der Waals surface area contributed by atoms with E-state index in [1.807, 2.05) is 0 Å². The molecule has 0 bridgehead atoms. The predicted octanol–water partition coefficient (Wildman–Crippen LogP) is 6.63. The van der Waals surface area contributed by atoms with E-state index in [0.29, 0.717) is 23.5 Å². The average Bonchev–Trinajstić information content (AvgIpc) is 3.04. The average molecular weight is 679 g/mol. The molecule has 1 saturated carbocycles. The fourth-order valence-electron chi connectivity index (χ4n) is 5.61. The van der Waals surface area contributed by atoms with Gasteiger partial charge in [0.05, 0.1) is 18.7 Å². The lowest BCUT2D eigenvalue weighted by Gasteiger charge is -2.31. The van der Waals surface area contributed by atoms with Gasteiger partial charge in [-0.2, -0.15) is 0 Å². The van der Waals surface area contributed by atoms with Crippen molar-refractivity contribution in [2.24, 2.45) is 5.92 Å². The van der Waals surface area contributed by atoms with Gasteiger partial charge < -0.3 is 29.9 Å². The first-order valence-electron chi connectivity index (χ1n) is 16.4. The van der Waals surface area contributed by atoms with Crippen molar-refractivity contribution in [1.82, 2.24) is 5.32 Å². The van der Waals surface area contributed by atoms with E-state index >= 15 is 0 Å². The van der Waals surface area contributed by atoms with Crippen LogP contribution in [0.5, 0.6) is 5.75 Å². The molecular formula is C37H44F2N4O6. The zero-order valence-electron chi connectivity index (χ0n) is 28.4. The van der Waals surface area contributed by atoms with Crippen LogP contribution in [0, 0.1) is 17.6 Å². The lowest BCUT2D eigenvalue weighted by molar-refractivity contribution is -0.153. The number of rotatable bonds is 12.